The minimum absolute atomic E-state index is 1.05. The third-order valence-corrected chi connectivity index (χ3v) is 5.13. The van der Waals surface area contributed by atoms with E-state index in [-0.39, 0.29) is 0 Å². The van der Waals surface area contributed by atoms with E-state index in [0.717, 1.165) is 0 Å². The predicted molar refractivity (Wildman–Crippen MR) is 85.9 cm³/mol. The summed E-state index contributed by atoms with van der Waals surface area (Å²) in [5.41, 5.74) is 5.60. The van der Waals surface area contributed by atoms with Gasteiger partial charge in [0.2, 0.25) is 0 Å². The van der Waals surface area contributed by atoms with Gasteiger partial charge in [-0.25, -0.2) is 0 Å². The Labute approximate surface area is 109 Å². The van der Waals surface area contributed by atoms with Gasteiger partial charge in [-0.05, 0) is 11.6 Å². The smallest absolute Gasteiger partial charge is 0.0690 e. The van der Waals surface area contributed by atoms with Crippen molar-refractivity contribution in [2.45, 2.75) is 45.3 Å². The molecule has 2 heteroatoms. The van der Waals surface area contributed by atoms with Crippen molar-refractivity contribution >= 4 is 21.7 Å². The van der Waals surface area contributed by atoms with Crippen LogP contribution < -0.4 is 0 Å². The second-order valence-corrected chi connectivity index (χ2v) is 17.6. The first-order valence-corrected chi connectivity index (χ1v) is 13.7. The molecule has 0 amide bonds. The summed E-state index contributed by atoms with van der Waals surface area (Å²) in [6.45, 7) is 14.6. The molecule has 1 aromatic rings. The van der Waals surface area contributed by atoms with Crippen LogP contribution in [0.5, 0.6) is 0 Å². The van der Waals surface area contributed by atoms with Crippen LogP contribution >= 0.6 is 0 Å². The van der Waals surface area contributed by atoms with E-state index in [1.54, 1.807) is 5.57 Å². The first-order chi connectivity index (χ1) is 7.67. The van der Waals surface area contributed by atoms with Gasteiger partial charge in [0.05, 0.1) is 8.07 Å². The standard InChI is InChI=1S/C15H26Si2/c1-16(2,3)12-15(13-17(4,5)6)14-10-8-7-9-11-14/h7-12H,13H2,1-6H3/b15-12-. The zero-order valence-corrected chi connectivity index (χ0v) is 14.2. The highest BCUT2D eigenvalue weighted by atomic mass is 28.3. The summed E-state index contributed by atoms with van der Waals surface area (Å²) in [5, 5.41) is 0. The Morgan fingerprint density at radius 1 is 0.941 bits per heavy atom. The molecule has 94 valence electrons. The predicted octanol–water partition coefficient (Wildman–Crippen LogP) is 5.29. The zero-order valence-electron chi connectivity index (χ0n) is 12.2. The minimum atomic E-state index is -1.14. The summed E-state index contributed by atoms with van der Waals surface area (Å²) < 4.78 is 0. The first-order valence-electron chi connectivity index (χ1n) is 6.45. The molecule has 0 saturated carbocycles. The minimum Gasteiger partial charge on any atom is -0.0916 e. The van der Waals surface area contributed by atoms with E-state index < -0.39 is 16.1 Å². The van der Waals surface area contributed by atoms with Crippen LogP contribution in [0.25, 0.3) is 5.57 Å². The number of rotatable bonds is 4. The van der Waals surface area contributed by atoms with Gasteiger partial charge in [-0.2, -0.15) is 0 Å². The van der Waals surface area contributed by atoms with Crippen LogP contribution in [0.1, 0.15) is 5.56 Å². The molecule has 0 radical (unpaired) electrons. The van der Waals surface area contributed by atoms with Crippen LogP contribution in [0.3, 0.4) is 0 Å². The lowest BCUT2D eigenvalue weighted by molar-refractivity contribution is 1.48. The van der Waals surface area contributed by atoms with Crippen molar-refractivity contribution in [2.24, 2.45) is 0 Å². The number of allylic oxidation sites excluding steroid dienone is 1. The van der Waals surface area contributed by atoms with Crippen LogP contribution in [0.4, 0.5) is 0 Å². The fraction of sp³-hybridized carbons (Fsp3) is 0.467. The van der Waals surface area contributed by atoms with Crippen molar-refractivity contribution in [3.8, 4) is 0 Å². The van der Waals surface area contributed by atoms with E-state index >= 15 is 0 Å². The van der Waals surface area contributed by atoms with E-state index in [1.165, 1.54) is 11.6 Å². The molecule has 0 aliphatic carbocycles. The van der Waals surface area contributed by atoms with Gasteiger partial charge < -0.3 is 0 Å². The molecule has 0 saturated heterocycles. The molecule has 0 spiro atoms. The van der Waals surface area contributed by atoms with E-state index in [0.29, 0.717) is 0 Å². The lowest BCUT2D eigenvalue weighted by atomic mass is 10.1. The van der Waals surface area contributed by atoms with Crippen LogP contribution in [-0.4, -0.2) is 16.1 Å². The first kappa shape index (κ1) is 14.5. The maximum absolute atomic E-state index is 2.58. The topological polar surface area (TPSA) is 0 Å². The second-order valence-electron chi connectivity index (χ2n) is 7.14. The van der Waals surface area contributed by atoms with Gasteiger partial charge in [-0.1, -0.05) is 80.9 Å². The molecule has 0 aromatic heterocycles. The molecule has 0 nitrogen and oxygen atoms in total. The van der Waals surface area contributed by atoms with Crippen molar-refractivity contribution in [1.29, 1.82) is 0 Å². The lowest BCUT2D eigenvalue weighted by Crippen LogP contribution is -2.22. The van der Waals surface area contributed by atoms with Gasteiger partial charge in [0.25, 0.3) is 0 Å². The lowest BCUT2D eigenvalue weighted by Gasteiger charge is -2.22. The summed E-state index contributed by atoms with van der Waals surface area (Å²) in [4.78, 5) is 0. The Kier molecular flexibility index (Phi) is 4.56. The Hall–Kier alpha value is -0.606. The molecule has 0 aliphatic rings. The summed E-state index contributed by atoms with van der Waals surface area (Å²) in [7, 11) is -2.19. The van der Waals surface area contributed by atoms with Gasteiger partial charge in [0.15, 0.2) is 0 Å². The van der Waals surface area contributed by atoms with E-state index in [1.807, 2.05) is 0 Å². The summed E-state index contributed by atoms with van der Waals surface area (Å²) in [6.07, 6.45) is 0. The van der Waals surface area contributed by atoms with E-state index in [4.69, 9.17) is 0 Å². The maximum Gasteiger partial charge on any atom is 0.0690 e. The van der Waals surface area contributed by atoms with Crippen LogP contribution in [-0.2, 0) is 0 Å². The third kappa shape index (κ3) is 6.03. The molecule has 0 unspecified atom stereocenters. The van der Waals surface area contributed by atoms with Crippen molar-refractivity contribution in [1.82, 2.24) is 0 Å². The summed E-state index contributed by atoms with van der Waals surface area (Å²) in [6, 6.07) is 12.2. The number of benzene rings is 1. The normalized spacial score (nSPS) is 13.9. The van der Waals surface area contributed by atoms with Crippen LogP contribution in [0.2, 0.25) is 45.3 Å². The number of hydrogen-bond donors (Lipinski definition) is 0. The highest BCUT2D eigenvalue weighted by molar-refractivity contribution is 6.83. The monoisotopic (exact) mass is 262 g/mol. The quantitative estimate of drug-likeness (QED) is 0.647. The van der Waals surface area contributed by atoms with Gasteiger partial charge in [0.1, 0.15) is 0 Å². The van der Waals surface area contributed by atoms with Crippen LogP contribution in [0.15, 0.2) is 36.0 Å². The van der Waals surface area contributed by atoms with E-state index in [2.05, 4.69) is 75.3 Å². The molecule has 1 aromatic carbocycles. The van der Waals surface area contributed by atoms with E-state index in [9.17, 15) is 0 Å². The highest BCUT2D eigenvalue weighted by Crippen LogP contribution is 2.27. The Morgan fingerprint density at radius 3 is 1.88 bits per heavy atom. The Morgan fingerprint density at radius 2 is 1.47 bits per heavy atom. The molecule has 0 aliphatic heterocycles. The van der Waals surface area contributed by atoms with Crippen molar-refractivity contribution in [3.63, 3.8) is 0 Å². The SMILES string of the molecule is C[Si](C)(C)/C=C(/C[Si](C)(C)C)c1ccccc1. The molecule has 0 bridgehead atoms. The van der Waals surface area contributed by atoms with Gasteiger partial charge >= 0.3 is 0 Å². The highest BCUT2D eigenvalue weighted by Gasteiger charge is 2.19. The molecular formula is C15H26Si2. The van der Waals surface area contributed by atoms with Gasteiger partial charge in [0, 0.05) is 8.07 Å². The maximum atomic E-state index is 2.58. The third-order valence-electron chi connectivity index (χ3n) is 2.47. The molecule has 1 rings (SSSR count). The fourth-order valence-electron chi connectivity index (χ4n) is 1.98. The average molecular weight is 263 g/mol. The van der Waals surface area contributed by atoms with Gasteiger partial charge in [-0.3, -0.25) is 0 Å². The zero-order chi connectivity index (χ0) is 13.1. The molecule has 0 heterocycles. The molecule has 0 atom stereocenters. The average Bonchev–Trinajstić information content (AvgIpc) is 2.14. The second kappa shape index (κ2) is 5.36. The molecule has 0 fully saturated rings. The Balaban J connectivity index is 3.09. The molecule has 17 heavy (non-hydrogen) atoms. The molecule has 0 N–H and O–H groups in total. The van der Waals surface area contributed by atoms with Crippen molar-refractivity contribution in [3.05, 3.63) is 41.6 Å². The van der Waals surface area contributed by atoms with Gasteiger partial charge in [-0.15, -0.1) is 0 Å². The largest absolute Gasteiger partial charge is 0.0916 e. The Bertz CT molecular complexity index is 378. The summed E-state index contributed by atoms with van der Waals surface area (Å²) >= 11 is 0. The van der Waals surface area contributed by atoms with Crippen molar-refractivity contribution < 1.29 is 0 Å². The number of hydrogen-bond acceptors (Lipinski definition) is 0. The molecular weight excluding hydrogens is 236 g/mol. The fourth-order valence-corrected chi connectivity index (χ4v) is 4.95. The van der Waals surface area contributed by atoms with Crippen LogP contribution in [0, 0.1) is 0 Å². The van der Waals surface area contributed by atoms with Crippen molar-refractivity contribution in [2.75, 3.05) is 0 Å². The summed E-state index contributed by atoms with van der Waals surface area (Å²) in [5.74, 6) is 0.